The molecule has 2 aromatic rings. The molecule has 0 aromatic heterocycles. The number of anilines is 1. The molecule has 1 saturated heterocycles. The number of benzene rings is 2. The van der Waals surface area contributed by atoms with Crippen LogP contribution in [-0.2, 0) is 15.0 Å². The van der Waals surface area contributed by atoms with Crippen LogP contribution in [0.5, 0.6) is 0 Å². The van der Waals surface area contributed by atoms with Crippen LogP contribution in [0, 0.1) is 0 Å². The van der Waals surface area contributed by atoms with Crippen LogP contribution in [0.15, 0.2) is 53.4 Å². The van der Waals surface area contributed by atoms with Crippen LogP contribution in [0.3, 0.4) is 0 Å². The number of hydrogen-bond acceptors (Lipinski definition) is 4. The van der Waals surface area contributed by atoms with Crippen LogP contribution in [0.2, 0.25) is 0 Å². The molecule has 4 nitrogen and oxygen atoms in total. The third-order valence-corrected chi connectivity index (χ3v) is 7.42. The average molecular weight is 421 g/mol. The van der Waals surface area contributed by atoms with Gasteiger partial charge in [-0.05, 0) is 31.4 Å². The Kier molecular flexibility index (Phi) is 3.86. The van der Waals surface area contributed by atoms with E-state index in [2.05, 4.69) is 56.4 Å². The lowest BCUT2D eigenvalue weighted by molar-refractivity contribution is -0.116. The fraction of sp³-hybridized carbons (Fsp3) is 0.261. The SMILES string of the molecule is CC1(C)C[C@@](C)(c2ccccc2)c2cccc3c2N1C(=O)/C3=C1/SC(=S)NC1=O. The summed E-state index contributed by atoms with van der Waals surface area (Å²) < 4.78 is 0.393. The van der Waals surface area contributed by atoms with Crippen LogP contribution >= 0.6 is 24.0 Å². The summed E-state index contributed by atoms with van der Waals surface area (Å²) in [5.74, 6) is -0.403. The molecule has 2 amide bonds. The van der Waals surface area contributed by atoms with Gasteiger partial charge < -0.3 is 10.2 Å². The van der Waals surface area contributed by atoms with Gasteiger partial charge in [0.1, 0.15) is 4.32 Å². The van der Waals surface area contributed by atoms with Crippen molar-refractivity contribution in [3.63, 3.8) is 0 Å². The molecule has 1 fully saturated rings. The number of rotatable bonds is 1. The quantitative estimate of drug-likeness (QED) is 0.549. The summed E-state index contributed by atoms with van der Waals surface area (Å²) >= 11 is 6.34. The first-order chi connectivity index (χ1) is 13.7. The fourth-order valence-electron chi connectivity index (χ4n) is 5.14. The fourth-order valence-corrected chi connectivity index (χ4v) is 6.25. The number of thiocarbonyl (C=S) groups is 1. The first kappa shape index (κ1) is 18.6. The zero-order chi connectivity index (χ0) is 20.6. The molecular formula is C23H20N2O2S2. The molecule has 3 aliphatic heterocycles. The van der Waals surface area contributed by atoms with Crippen LogP contribution < -0.4 is 10.2 Å². The number of carbonyl (C=O) groups excluding carboxylic acids is 2. The normalized spacial score (nSPS) is 27.3. The molecule has 3 aliphatic rings. The highest BCUT2D eigenvalue weighted by atomic mass is 32.2. The summed E-state index contributed by atoms with van der Waals surface area (Å²) in [6, 6.07) is 16.5. The van der Waals surface area contributed by atoms with Gasteiger partial charge in [0.05, 0.1) is 16.2 Å². The van der Waals surface area contributed by atoms with E-state index < -0.39 is 5.54 Å². The summed E-state index contributed by atoms with van der Waals surface area (Å²) in [5.41, 5.74) is 3.91. The first-order valence-corrected chi connectivity index (χ1v) is 10.8. The number of nitrogens with one attached hydrogen (secondary N) is 1. The van der Waals surface area contributed by atoms with Crippen molar-refractivity contribution in [2.75, 3.05) is 4.90 Å². The second-order valence-corrected chi connectivity index (χ2v) is 10.3. The van der Waals surface area contributed by atoms with Gasteiger partial charge in [0, 0.05) is 16.5 Å². The van der Waals surface area contributed by atoms with E-state index in [0.717, 1.165) is 23.2 Å². The Hall–Kier alpha value is -2.44. The molecule has 2 aromatic carbocycles. The van der Waals surface area contributed by atoms with Crippen molar-refractivity contribution in [3.05, 3.63) is 70.1 Å². The molecule has 1 atom stereocenters. The van der Waals surface area contributed by atoms with Gasteiger partial charge in [-0.1, -0.05) is 79.4 Å². The molecule has 0 spiro atoms. The smallest absolute Gasteiger partial charge is 0.264 e. The van der Waals surface area contributed by atoms with E-state index in [1.165, 1.54) is 17.3 Å². The topological polar surface area (TPSA) is 49.4 Å². The van der Waals surface area contributed by atoms with Crippen LogP contribution in [0.1, 0.15) is 43.9 Å². The first-order valence-electron chi connectivity index (χ1n) is 9.55. The number of nitrogens with zero attached hydrogens (tertiary/aromatic N) is 1. The Morgan fingerprint density at radius 2 is 1.76 bits per heavy atom. The molecule has 3 heterocycles. The third kappa shape index (κ3) is 2.49. The Morgan fingerprint density at radius 1 is 1.03 bits per heavy atom. The monoisotopic (exact) mass is 420 g/mol. The van der Waals surface area contributed by atoms with Crippen molar-refractivity contribution >= 4 is 51.4 Å². The molecule has 146 valence electrons. The number of hydrogen-bond donors (Lipinski definition) is 1. The molecule has 5 rings (SSSR count). The van der Waals surface area contributed by atoms with E-state index in [0.29, 0.717) is 14.8 Å². The summed E-state index contributed by atoms with van der Waals surface area (Å²) in [6.07, 6.45) is 0.784. The second-order valence-electron chi connectivity index (χ2n) is 8.58. The van der Waals surface area contributed by atoms with Gasteiger partial charge in [-0.25, -0.2) is 0 Å². The van der Waals surface area contributed by atoms with E-state index in [-0.39, 0.29) is 17.2 Å². The third-order valence-electron chi connectivity index (χ3n) is 6.19. The maximum Gasteiger partial charge on any atom is 0.264 e. The lowest BCUT2D eigenvalue weighted by Gasteiger charge is -2.49. The van der Waals surface area contributed by atoms with Gasteiger partial charge in [-0.3, -0.25) is 9.59 Å². The summed E-state index contributed by atoms with van der Waals surface area (Å²) in [7, 11) is 0. The maximum absolute atomic E-state index is 13.6. The van der Waals surface area contributed by atoms with Crippen LogP contribution in [-0.4, -0.2) is 21.7 Å². The second kappa shape index (κ2) is 6.03. The Balaban J connectivity index is 1.82. The number of para-hydroxylation sites is 1. The van der Waals surface area contributed by atoms with Gasteiger partial charge in [0.25, 0.3) is 11.8 Å². The maximum atomic E-state index is 13.6. The van der Waals surface area contributed by atoms with Gasteiger partial charge in [0.15, 0.2) is 0 Å². The average Bonchev–Trinajstić information content (AvgIpc) is 3.16. The van der Waals surface area contributed by atoms with Crippen molar-refractivity contribution in [2.24, 2.45) is 0 Å². The van der Waals surface area contributed by atoms with Crippen molar-refractivity contribution in [2.45, 2.75) is 38.1 Å². The minimum atomic E-state index is -0.409. The predicted molar refractivity (Wildman–Crippen MR) is 121 cm³/mol. The Labute approximate surface area is 179 Å². The van der Waals surface area contributed by atoms with E-state index in [1.807, 2.05) is 23.1 Å². The van der Waals surface area contributed by atoms with Gasteiger partial charge in [0.2, 0.25) is 0 Å². The molecule has 1 N–H and O–H groups in total. The molecule has 0 radical (unpaired) electrons. The number of carbonyl (C=O) groups is 2. The van der Waals surface area contributed by atoms with Crippen molar-refractivity contribution < 1.29 is 9.59 Å². The molecule has 0 bridgehead atoms. The van der Waals surface area contributed by atoms with E-state index in [4.69, 9.17) is 12.2 Å². The van der Waals surface area contributed by atoms with Gasteiger partial charge in [-0.2, -0.15) is 0 Å². The summed E-state index contributed by atoms with van der Waals surface area (Å²) in [4.78, 5) is 28.4. The molecule has 0 saturated carbocycles. The lowest BCUT2D eigenvalue weighted by Crippen LogP contribution is -2.54. The van der Waals surface area contributed by atoms with E-state index in [1.54, 1.807) is 0 Å². The Morgan fingerprint density at radius 3 is 2.41 bits per heavy atom. The van der Waals surface area contributed by atoms with Gasteiger partial charge in [-0.15, -0.1) is 0 Å². The highest BCUT2D eigenvalue weighted by Gasteiger charge is 2.53. The molecular weight excluding hydrogens is 400 g/mol. The minimum absolute atomic E-state index is 0.116. The highest BCUT2D eigenvalue weighted by molar-refractivity contribution is 8.27. The molecule has 0 unspecified atom stereocenters. The highest BCUT2D eigenvalue weighted by Crippen LogP contribution is 2.57. The zero-order valence-corrected chi connectivity index (χ0v) is 18.0. The number of amides is 2. The van der Waals surface area contributed by atoms with E-state index in [9.17, 15) is 9.59 Å². The molecule has 6 heteroatoms. The molecule has 0 aliphatic carbocycles. The van der Waals surface area contributed by atoms with Crippen LogP contribution in [0.4, 0.5) is 5.69 Å². The molecule has 29 heavy (non-hydrogen) atoms. The largest absolute Gasteiger partial charge is 0.307 e. The minimum Gasteiger partial charge on any atom is -0.307 e. The number of thioether (sulfide) groups is 1. The Bertz CT molecular complexity index is 1140. The standard InChI is InChI=1S/C23H20N2O2S2/c1-22(2)12-23(3,13-8-5-4-6-9-13)15-11-7-10-14-16(20(27)25(22)17(14)15)18-19(26)24-21(28)29-18/h4-11H,12H2,1-3H3,(H,24,26,28)/b18-16+/t23-/m0/s1. The van der Waals surface area contributed by atoms with Gasteiger partial charge >= 0.3 is 0 Å². The van der Waals surface area contributed by atoms with Crippen molar-refractivity contribution in [1.29, 1.82) is 0 Å². The van der Waals surface area contributed by atoms with Crippen LogP contribution in [0.25, 0.3) is 5.57 Å². The predicted octanol–water partition coefficient (Wildman–Crippen LogP) is 4.38. The van der Waals surface area contributed by atoms with E-state index >= 15 is 0 Å². The van der Waals surface area contributed by atoms with Crippen molar-refractivity contribution in [3.8, 4) is 0 Å². The summed E-state index contributed by atoms with van der Waals surface area (Å²) in [6.45, 7) is 6.45. The summed E-state index contributed by atoms with van der Waals surface area (Å²) in [5, 5.41) is 2.65. The van der Waals surface area contributed by atoms with Crippen molar-refractivity contribution in [1.82, 2.24) is 5.32 Å². The lowest BCUT2D eigenvalue weighted by atomic mass is 9.65. The zero-order valence-electron chi connectivity index (χ0n) is 16.4.